The van der Waals surface area contributed by atoms with Gasteiger partial charge in [-0.25, -0.2) is 0 Å². The first kappa shape index (κ1) is 12.2. The van der Waals surface area contributed by atoms with Crippen LogP contribution in [-0.4, -0.2) is 16.9 Å². The number of carbonyl (C=O) groups is 2. The largest absolute Gasteiger partial charge is 0.324 e. The zero-order valence-electron chi connectivity index (χ0n) is 9.90. The molecule has 4 heteroatoms. The number of para-hydroxylation sites is 1. The molecule has 2 rings (SSSR count). The third kappa shape index (κ3) is 2.36. The van der Waals surface area contributed by atoms with Gasteiger partial charge >= 0.3 is 0 Å². The maximum absolute atomic E-state index is 12.0. The third-order valence-corrected chi connectivity index (χ3v) is 4.39. The van der Waals surface area contributed by atoms with E-state index in [1.54, 1.807) is 6.92 Å². The van der Waals surface area contributed by atoms with Gasteiger partial charge in [-0.1, -0.05) is 19.1 Å². The molecule has 0 spiro atoms. The van der Waals surface area contributed by atoms with Crippen LogP contribution in [0.15, 0.2) is 29.2 Å². The van der Waals surface area contributed by atoms with E-state index < -0.39 is 0 Å². The monoisotopic (exact) mass is 249 g/mol. The van der Waals surface area contributed by atoms with Crippen LogP contribution in [0.2, 0.25) is 0 Å². The summed E-state index contributed by atoms with van der Waals surface area (Å²) in [4.78, 5) is 24.6. The van der Waals surface area contributed by atoms with Gasteiger partial charge in [0.1, 0.15) is 5.78 Å². The molecular weight excluding hydrogens is 234 g/mol. The van der Waals surface area contributed by atoms with Crippen LogP contribution in [-0.2, 0) is 9.59 Å². The molecular formula is C13H15NO2S. The fourth-order valence-corrected chi connectivity index (χ4v) is 3.44. The van der Waals surface area contributed by atoms with Crippen molar-refractivity contribution >= 4 is 29.1 Å². The lowest BCUT2D eigenvalue weighted by Crippen LogP contribution is -2.37. The molecule has 3 nitrogen and oxygen atoms in total. The molecule has 0 bridgehead atoms. The second kappa shape index (κ2) is 4.92. The zero-order valence-corrected chi connectivity index (χ0v) is 10.7. The molecule has 0 saturated heterocycles. The summed E-state index contributed by atoms with van der Waals surface area (Å²) in [5, 5.41) is 2.57. The molecule has 2 atom stereocenters. The van der Waals surface area contributed by atoms with Crippen molar-refractivity contribution in [1.82, 2.24) is 0 Å². The van der Waals surface area contributed by atoms with Crippen LogP contribution in [0.3, 0.4) is 0 Å². The molecule has 1 aliphatic rings. The Hall–Kier alpha value is -1.29. The average molecular weight is 249 g/mol. The summed E-state index contributed by atoms with van der Waals surface area (Å²) >= 11 is 1.49. The van der Waals surface area contributed by atoms with Crippen molar-refractivity contribution in [2.45, 2.75) is 30.4 Å². The molecule has 17 heavy (non-hydrogen) atoms. The van der Waals surface area contributed by atoms with Gasteiger partial charge in [0.25, 0.3) is 0 Å². The first-order chi connectivity index (χ1) is 8.13. The molecule has 1 aromatic rings. The second-order valence-electron chi connectivity index (χ2n) is 4.15. The average Bonchev–Trinajstić information content (AvgIpc) is 2.30. The summed E-state index contributed by atoms with van der Waals surface area (Å²) in [7, 11) is 0. The van der Waals surface area contributed by atoms with Crippen molar-refractivity contribution in [2.24, 2.45) is 5.92 Å². The Morgan fingerprint density at radius 2 is 2.18 bits per heavy atom. The van der Waals surface area contributed by atoms with E-state index in [1.165, 1.54) is 11.8 Å². The van der Waals surface area contributed by atoms with Gasteiger partial charge in [-0.3, -0.25) is 9.59 Å². The number of thioether (sulfide) groups is 1. The number of amides is 1. The maximum Gasteiger partial charge on any atom is 0.238 e. The van der Waals surface area contributed by atoms with E-state index in [2.05, 4.69) is 5.32 Å². The molecule has 1 N–H and O–H groups in total. The minimum atomic E-state index is -0.299. The van der Waals surface area contributed by atoms with Crippen molar-refractivity contribution in [2.75, 3.05) is 5.32 Å². The highest BCUT2D eigenvalue weighted by Gasteiger charge is 2.34. The lowest BCUT2D eigenvalue weighted by Gasteiger charge is -2.28. The van der Waals surface area contributed by atoms with Gasteiger partial charge in [-0.05, 0) is 25.5 Å². The van der Waals surface area contributed by atoms with Crippen LogP contribution in [0.25, 0.3) is 0 Å². The standard InChI is InChI=1S/C13H15NO2S/c1-3-9(8(2)15)12-13(16)14-10-6-4-5-7-11(10)17-12/h4-7,9,12H,3H2,1-2H3,(H,14,16). The number of Topliss-reactive ketones (excluding diaryl/α,β-unsaturated/α-hetero) is 1. The first-order valence-electron chi connectivity index (χ1n) is 5.70. The van der Waals surface area contributed by atoms with Crippen LogP contribution < -0.4 is 5.32 Å². The number of carbonyl (C=O) groups excluding carboxylic acids is 2. The molecule has 0 aromatic heterocycles. The SMILES string of the molecule is CCC(C(C)=O)C1Sc2ccccc2NC1=O. The van der Waals surface area contributed by atoms with Gasteiger partial charge in [-0.15, -0.1) is 11.8 Å². The molecule has 2 unspecified atom stereocenters. The Kier molecular flexibility index (Phi) is 3.52. The third-order valence-electron chi connectivity index (χ3n) is 2.98. The van der Waals surface area contributed by atoms with E-state index in [0.29, 0.717) is 6.42 Å². The van der Waals surface area contributed by atoms with E-state index in [4.69, 9.17) is 0 Å². The lowest BCUT2D eigenvalue weighted by molar-refractivity contribution is -0.125. The highest BCUT2D eigenvalue weighted by Crippen LogP contribution is 2.39. The van der Waals surface area contributed by atoms with Crippen LogP contribution in [0, 0.1) is 5.92 Å². The summed E-state index contributed by atoms with van der Waals surface area (Å²) in [6.45, 7) is 3.50. The Morgan fingerprint density at radius 3 is 2.82 bits per heavy atom. The summed E-state index contributed by atoms with van der Waals surface area (Å²) in [6.07, 6.45) is 0.697. The van der Waals surface area contributed by atoms with Crippen LogP contribution >= 0.6 is 11.8 Å². The van der Waals surface area contributed by atoms with Gasteiger partial charge in [0, 0.05) is 10.8 Å². The number of nitrogens with one attached hydrogen (secondary N) is 1. The molecule has 0 radical (unpaired) electrons. The quantitative estimate of drug-likeness (QED) is 0.896. The molecule has 1 heterocycles. The fraction of sp³-hybridized carbons (Fsp3) is 0.385. The molecule has 1 aromatic carbocycles. The number of hydrogen-bond acceptors (Lipinski definition) is 3. The highest BCUT2D eigenvalue weighted by atomic mass is 32.2. The van der Waals surface area contributed by atoms with E-state index in [0.717, 1.165) is 10.6 Å². The normalized spacial score (nSPS) is 20.4. The van der Waals surface area contributed by atoms with E-state index in [-0.39, 0.29) is 22.9 Å². The van der Waals surface area contributed by atoms with Crippen LogP contribution in [0.5, 0.6) is 0 Å². The minimum Gasteiger partial charge on any atom is -0.324 e. The van der Waals surface area contributed by atoms with Crippen molar-refractivity contribution in [1.29, 1.82) is 0 Å². The Bertz CT molecular complexity index is 458. The predicted molar refractivity (Wildman–Crippen MR) is 69.2 cm³/mol. The fourth-order valence-electron chi connectivity index (χ4n) is 2.05. The first-order valence-corrected chi connectivity index (χ1v) is 6.58. The Labute approximate surface area is 105 Å². The molecule has 1 amide bonds. The van der Waals surface area contributed by atoms with Crippen LogP contribution in [0.4, 0.5) is 5.69 Å². The number of benzene rings is 1. The zero-order chi connectivity index (χ0) is 12.4. The van der Waals surface area contributed by atoms with Crippen molar-refractivity contribution in [3.05, 3.63) is 24.3 Å². The Morgan fingerprint density at radius 1 is 1.47 bits per heavy atom. The van der Waals surface area contributed by atoms with Gasteiger partial charge < -0.3 is 5.32 Å². The van der Waals surface area contributed by atoms with Crippen molar-refractivity contribution < 1.29 is 9.59 Å². The smallest absolute Gasteiger partial charge is 0.238 e. The van der Waals surface area contributed by atoms with Gasteiger partial charge in [0.2, 0.25) is 5.91 Å². The number of anilines is 1. The van der Waals surface area contributed by atoms with Crippen molar-refractivity contribution in [3.63, 3.8) is 0 Å². The van der Waals surface area contributed by atoms with Gasteiger partial charge in [0.15, 0.2) is 0 Å². The lowest BCUT2D eigenvalue weighted by atomic mass is 9.97. The van der Waals surface area contributed by atoms with E-state index in [9.17, 15) is 9.59 Å². The predicted octanol–water partition coefficient (Wildman–Crippen LogP) is 2.71. The molecule has 0 saturated carbocycles. The summed E-state index contributed by atoms with van der Waals surface area (Å²) in [5.74, 6) is -0.177. The Balaban J connectivity index is 2.28. The minimum absolute atomic E-state index is 0.0595. The number of fused-ring (bicyclic) bond motifs is 1. The van der Waals surface area contributed by atoms with Crippen LogP contribution in [0.1, 0.15) is 20.3 Å². The summed E-state index contributed by atoms with van der Waals surface area (Å²) in [6, 6.07) is 7.68. The summed E-state index contributed by atoms with van der Waals surface area (Å²) in [5.41, 5.74) is 0.845. The summed E-state index contributed by atoms with van der Waals surface area (Å²) < 4.78 is 0. The van der Waals surface area contributed by atoms with Crippen molar-refractivity contribution in [3.8, 4) is 0 Å². The molecule has 90 valence electrons. The second-order valence-corrected chi connectivity index (χ2v) is 5.33. The number of rotatable bonds is 3. The number of ketones is 1. The molecule has 0 fully saturated rings. The van der Waals surface area contributed by atoms with E-state index in [1.807, 2.05) is 31.2 Å². The number of hydrogen-bond donors (Lipinski definition) is 1. The topological polar surface area (TPSA) is 46.2 Å². The maximum atomic E-state index is 12.0. The molecule has 1 aliphatic heterocycles. The highest BCUT2D eigenvalue weighted by molar-refractivity contribution is 8.01. The molecule has 0 aliphatic carbocycles. The van der Waals surface area contributed by atoms with Gasteiger partial charge in [0.05, 0.1) is 10.9 Å². The van der Waals surface area contributed by atoms with Gasteiger partial charge in [-0.2, -0.15) is 0 Å². The van der Waals surface area contributed by atoms with E-state index >= 15 is 0 Å².